The van der Waals surface area contributed by atoms with Crippen LogP contribution < -0.4 is 10.6 Å². The molecule has 0 amide bonds. The third-order valence-electron chi connectivity index (χ3n) is 3.47. The van der Waals surface area contributed by atoms with Gasteiger partial charge < -0.3 is 10.6 Å². The zero-order chi connectivity index (χ0) is 18.4. The third-order valence-corrected chi connectivity index (χ3v) is 6.84. The summed E-state index contributed by atoms with van der Waals surface area (Å²) in [6.45, 7) is 3.75. The number of hydrogen-bond acceptors (Lipinski definition) is 5. The summed E-state index contributed by atoms with van der Waals surface area (Å²) in [6.07, 6.45) is 1.74. The summed E-state index contributed by atoms with van der Waals surface area (Å²) in [5.41, 5.74) is 1.01. The molecule has 0 unspecified atom stereocenters. The van der Waals surface area contributed by atoms with E-state index >= 15 is 0 Å². The maximum atomic E-state index is 12.1. The van der Waals surface area contributed by atoms with Gasteiger partial charge in [-0.3, -0.25) is 4.68 Å². The molecule has 0 fully saturated rings. The summed E-state index contributed by atoms with van der Waals surface area (Å²) in [5.74, 6) is 0.675. The number of aliphatic imine (C=N–C) groups is 1. The fourth-order valence-corrected chi connectivity index (χ4v) is 4.47. The van der Waals surface area contributed by atoms with Crippen molar-refractivity contribution in [1.29, 1.82) is 0 Å². The maximum absolute atomic E-state index is 12.1. The highest BCUT2D eigenvalue weighted by molar-refractivity contribution is 14.0. The van der Waals surface area contributed by atoms with Gasteiger partial charge in [0.05, 0.1) is 18.8 Å². The van der Waals surface area contributed by atoms with Gasteiger partial charge in [0.15, 0.2) is 5.96 Å². The van der Waals surface area contributed by atoms with Crippen LogP contribution in [0.2, 0.25) is 0 Å². The smallest absolute Gasteiger partial charge is 0.252 e. The van der Waals surface area contributed by atoms with E-state index in [4.69, 9.17) is 0 Å². The summed E-state index contributed by atoms with van der Waals surface area (Å²) in [7, 11) is 1.56. The van der Waals surface area contributed by atoms with Crippen LogP contribution in [0.15, 0.2) is 33.6 Å². The van der Waals surface area contributed by atoms with Crippen molar-refractivity contribution >= 4 is 51.3 Å². The number of nitrogens with one attached hydrogen (secondary N) is 2. The lowest BCUT2D eigenvalue weighted by molar-refractivity contribution is 0.523. The Bertz CT molecular complexity index is 829. The molecule has 8 nitrogen and oxygen atoms in total. The molecule has 11 heteroatoms. The van der Waals surface area contributed by atoms with Gasteiger partial charge in [-0.15, -0.1) is 35.3 Å². The van der Waals surface area contributed by atoms with Crippen molar-refractivity contribution in [2.75, 3.05) is 20.6 Å². The average molecular weight is 512 g/mol. The lowest BCUT2D eigenvalue weighted by Gasteiger charge is -2.11. The molecule has 0 bridgehead atoms. The minimum atomic E-state index is -3.38. The second-order valence-corrected chi connectivity index (χ2v) is 9.05. The van der Waals surface area contributed by atoms with E-state index in [2.05, 4.69) is 20.7 Å². The zero-order valence-electron chi connectivity index (χ0n) is 15.3. The van der Waals surface area contributed by atoms with Crippen molar-refractivity contribution in [3.8, 4) is 0 Å². The minimum absolute atomic E-state index is 0. The Hall–Kier alpha value is -1.18. The highest BCUT2D eigenvalue weighted by Crippen LogP contribution is 2.23. The summed E-state index contributed by atoms with van der Waals surface area (Å²) in [5, 5.41) is 10.5. The molecule has 26 heavy (non-hydrogen) atoms. The topological polar surface area (TPSA) is 91.6 Å². The fraction of sp³-hybridized carbons (Fsp3) is 0.467. The van der Waals surface area contributed by atoms with Gasteiger partial charge in [-0.1, -0.05) is 0 Å². The number of rotatable bonds is 7. The predicted octanol–water partition coefficient (Wildman–Crippen LogP) is 1.61. The van der Waals surface area contributed by atoms with Crippen LogP contribution in [0.1, 0.15) is 17.5 Å². The molecular formula is C15H25IN6O2S2. The van der Waals surface area contributed by atoms with Crippen molar-refractivity contribution < 1.29 is 8.42 Å². The molecule has 0 aliphatic carbocycles. The van der Waals surface area contributed by atoms with Crippen LogP contribution in [0.5, 0.6) is 0 Å². The first-order valence-corrected chi connectivity index (χ1v) is 10.1. The van der Waals surface area contributed by atoms with Crippen LogP contribution in [-0.4, -0.2) is 49.1 Å². The van der Waals surface area contributed by atoms with Crippen LogP contribution in [0.3, 0.4) is 0 Å². The van der Waals surface area contributed by atoms with Gasteiger partial charge in [0.2, 0.25) is 0 Å². The highest BCUT2D eigenvalue weighted by Gasteiger charge is 2.19. The zero-order valence-corrected chi connectivity index (χ0v) is 19.2. The Morgan fingerprint density at radius 3 is 2.62 bits per heavy atom. The van der Waals surface area contributed by atoms with Crippen LogP contribution in [0.25, 0.3) is 0 Å². The first-order valence-electron chi connectivity index (χ1n) is 7.85. The first kappa shape index (κ1) is 22.9. The number of nitrogens with zero attached hydrogens (tertiary/aromatic N) is 4. The van der Waals surface area contributed by atoms with E-state index in [9.17, 15) is 8.42 Å². The minimum Gasteiger partial charge on any atom is -0.357 e. The molecule has 2 heterocycles. The molecule has 0 aliphatic heterocycles. The summed E-state index contributed by atoms with van der Waals surface area (Å²) in [6, 6.07) is 5.38. The molecule has 2 aromatic heterocycles. The molecule has 0 aromatic carbocycles. The summed E-state index contributed by atoms with van der Waals surface area (Å²) >= 11 is 1.26. The monoisotopic (exact) mass is 512 g/mol. The van der Waals surface area contributed by atoms with Crippen molar-refractivity contribution in [2.24, 2.45) is 12.0 Å². The molecule has 0 spiro atoms. The van der Waals surface area contributed by atoms with Crippen molar-refractivity contribution in [2.45, 2.75) is 24.2 Å². The fourth-order valence-electron chi connectivity index (χ4n) is 2.00. The van der Waals surface area contributed by atoms with Gasteiger partial charge >= 0.3 is 0 Å². The Labute approximate surface area is 175 Å². The largest absolute Gasteiger partial charge is 0.357 e. The number of sulfonamides is 1. The van der Waals surface area contributed by atoms with Gasteiger partial charge in [0.25, 0.3) is 10.0 Å². The van der Waals surface area contributed by atoms with E-state index in [1.807, 2.05) is 26.1 Å². The van der Waals surface area contributed by atoms with Gasteiger partial charge in [0, 0.05) is 38.8 Å². The van der Waals surface area contributed by atoms with Crippen molar-refractivity contribution in [1.82, 2.24) is 24.7 Å². The summed E-state index contributed by atoms with van der Waals surface area (Å²) < 4.78 is 27.6. The third kappa shape index (κ3) is 5.93. The van der Waals surface area contributed by atoms with E-state index in [0.717, 1.165) is 17.1 Å². The van der Waals surface area contributed by atoms with E-state index in [1.54, 1.807) is 16.9 Å². The van der Waals surface area contributed by atoms with Crippen molar-refractivity contribution in [3.63, 3.8) is 0 Å². The first-order chi connectivity index (χ1) is 11.8. The van der Waals surface area contributed by atoms with Crippen LogP contribution in [0.4, 0.5) is 0 Å². The molecule has 2 N–H and O–H groups in total. The summed E-state index contributed by atoms with van der Waals surface area (Å²) in [4.78, 5) is 5.45. The van der Waals surface area contributed by atoms with Crippen molar-refractivity contribution in [3.05, 3.63) is 35.0 Å². The number of hydrogen-bond donors (Lipinski definition) is 2. The van der Waals surface area contributed by atoms with Gasteiger partial charge in [0.1, 0.15) is 4.21 Å². The number of aromatic nitrogens is 2. The second kappa shape index (κ2) is 10.2. The molecular weight excluding hydrogens is 487 g/mol. The van der Waals surface area contributed by atoms with Gasteiger partial charge in [-0.05, 0) is 25.1 Å². The molecule has 146 valence electrons. The molecule has 2 rings (SSSR count). The molecule has 0 radical (unpaired) electrons. The quantitative estimate of drug-likeness (QED) is 0.334. The number of aryl methyl sites for hydroxylation is 1. The van der Waals surface area contributed by atoms with Crippen LogP contribution >= 0.6 is 35.3 Å². The van der Waals surface area contributed by atoms with E-state index < -0.39 is 10.0 Å². The lowest BCUT2D eigenvalue weighted by atomic mass is 10.4. The Balaban J connectivity index is 0.00000338. The Morgan fingerprint density at radius 2 is 2.04 bits per heavy atom. The lowest BCUT2D eigenvalue weighted by Crippen LogP contribution is -2.36. The van der Waals surface area contributed by atoms with Crippen LogP contribution in [-0.2, 0) is 30.2 Å². The Kier molecular flexibility index (Phi) is 9.00. The van der Waals surface area contributed by atoms with Gasteiger partial charge in [-0.25, -0.2) is 17.7 Å². The SMILES string of the molecule is CCNC(=NCc1ccnn1C)NCc1ccc(S(=O)(=O)N(C)C)s1.I. The predicted molar refractivity (Wildman–Crippen MR) is 115 cm³/mol. The standard InChI is InChI=1S/C15H24N6O2S2.HI/c1-5-16-15(17-10-12-8-9-19-21(12)4)18-11-13-6-7-14(24-13)25(22,23)20(2)3;/h6-9H,5,10-11H2,1-4H3,(H2,16,17,18);1H. The second-order valence-electron chi connectivity index (χ2n) is 5.50. The molecule has 0 aliphatic rings. The maximum Gasteiger partial charge on any atom is 0.252 e. The van der Waals surface area contributed by atoms with Gasteiger partial charge in [-0.2, -0.15) is 5.10 Å². The van der Waals surface area contributed by atoms with Crippen LogP contribution in [0, 0.1) is 0 Å². The average Bonchev–Trinajstić information content (AvgIpc) is 3.19. The van der Waals surface area contributed by atoms with E-state index in [-0.39, 0.29) is 24.0 Å². The number of halogens is 1. The van der Waals surface area contributed by atoms with E-state index in [1.165, 1.54) is 29.7 Å². The normalized spacial score (nSPS) is 12.1. The molecule has 0 saturated heterocycles. The number of guanidine groups is 1. The number of thiophene rings is 1. The highest BCUT2D eigenvalue weighted by atomic mass is 127. The van der Waals surface area contributed by atoms with E-state index in [0.29, 0.717) is 23.3 Å². The molecule has 0 atom stereocenters. The molecule has 0 saturated carbocycles. The Morgan fingerprint density at radius 1 is 1.31 bits per heavy atom. The molecule has 2 aromatic rings.